The van der Waals surface area contributed by atoms with Crippen LogP contribution in [0.4, 0.5) is 18.9 Å². The van der Waals surface area contributed by atoms with Crippen molar-refractivity contribution in [2.45, 2.75) is 44.7 Å². The van der Waals surface area contributed by atoms with Crippen LogP contribution in [0.1, 0.15) is 51.1 Å². The van der Waals surface area contributed by atoms with Crippen LogP contribution in [-0.4, -0.2) is 5.78 Å². The Balaban J connectivity index is 1.75. The zero-order chi connectivity index (χ0) is 26.5. The van der Waals surface area contributed by atoms with Crippen molar-refractivity contribution in [2.24, 2.45) is 5.73 Å². The molecule has 3 aromatic rings. The minimum absolute atomic E-state index is 0.0512. The first kappa shape index (κ1) is 24.8. The molecular formula is C29H24F3N3OS. The molecule has 0 radical (unpaired) electrons. The maximum Gasteiger partial charge on any atom is 0.416 e. The molecule has 2 heterocycles. The number of carbonyl (C=O) groups excluding carboxylic acids is 1. The lowest BCUT2D eigenvalue weighted by Gasteiger charge is -2.41. The van der Waals surface area contributed by atoms with E-state index in [0.717, 1.165) is 33.0 Å². The van der Waals surface area contributed by atoms with Gasteiger partial charge in [-0.1, -0.05) is 36.4 Å². The van der Waals surface area contributed by atoms with E-state index >= 15 is 0 Å². The Hall–Kier alpha value is -3.83. The van der Waals surface area contributed by atoms with E-state index in [1.807, 2.05) is 50.2 Å². The van der Waals surface area contributed by atoms with Gasteiger partial charge in [-0.2, -0.15) is 18.4 Å². The van der Waals surface area contributed by atoms with Gasteiger partial charge in [-0.15, -0.1) is 11.3 Å². The summed E-state index contributed by atoms with van der Waals surface area (Å²) in [5.41, 5.74) is 8.92. The lowest BCUT2D eigenvalue weighted by Crippen LogP contribution is -2.40. The van der Waals surface area contributed by atoms with E-state index in [0.29, 0.717) is 17.7 Å². The molecule has 37 heavy (non-hydrogen) atoms. The average Bonchev–Trinajstić information content (AvgIpc) is 3.20. The fraction of sp³-hybridized carbons (Fsp3) is 0.241. The first-order chi connectivity index (χ1) is 17.6. The number of carbonyl (C=O) groups is 1. The number of allylic oxidation sites excluding steroid dienone is 3. The maximum atomic E-state index is 13.9. The van der Waals surface area contributed by atoms with Crippen molar-refractivity contribution < 1.29 is 18.0 Å². The van der Waals surface area contributed by atoms with Crippen molar-refractivity contribution in [1.82, 2.24) is 0 Å². The molecule has 2 N–H and O–H groups in total. The third-order valence-corrected chi connectivity index (χ3v) is 8.04. The lowest BCUT2D eigenvalue weighted by atomic mass is 9.72. The van der Waals surface area contributed by atoms with Crippen molar-refractivity contribution in [3.8, 4) is 6.07 Å². The number of anilines is 1. The first-order valence-corrected chi connectivity index (χ1v) is 12.7. The zero-order valence-electron chi connectivity index (χ0n) is 20.3. The van der Waals surface area contributed by atoms with Crippen molar-refractivity contribution in [1.29, 1.82) is 5.26 Å². The summed E-state index contributed by atoms with van der Waals surface area (Å²) in [7, 11) is 0. The number of nitrogens with zero attached hydrogens (tertiary/aromatic N) is 2. The van der Waals surface area contributed by atoms with Crippen LogP contribution in [0, 0.1) is 25.2 Å². The summed E-state index contributed by atoms with van der Waals surface area (Å²) in [5.74, 6) is -0.893. The molecule has 2 atom stereocenters. The predicted molar refractivity (Wildman–Crippen MR) is 138 cm³/mol. The van der Waals surface area contributed by atoms with Crippen molar-refractivity contribution in [3.05, 3.63) is 110 Å². The number of ketones is 1. The Morgan fingerprint density at radius 2 is 1.78 bits per heavy atom. The molecule has 0 amide bonds. The van der Waals surface area contributed by atoms with Crippen LogP contribution in [0.15, 0.2) is 83.3 Å². The van der Waals surface area contributed by atoms with Gasteiger partial charge in [-0.25, -0.2) is 0 Å². The van der Waals surface area contributed by atoms with E-state index in [4.69, 9.17) is 5.73 Å². The van der Waals surface area contributed by atoms with Gasteiger partial charge >= 0.3 is 6.18 Å². The van der Waals surface area contributed by atoms with Gasteiger partial charge in [0.05, 0.1) is 23.1 Å². The summed E-state index contributed by atoms with van der Waals surface area (Å²) in [6, 6.07) is 18.6. The quantitative estimate of drug-likeness (QED) is 0.401. The number of thiophene rings is 1. The highest BCUT2D eigenvalue weighted by atomic mass is 32.1. The molecule has 2 aliphatic rings. The molecule has 188 valence electrons. The van der Waals surface area contributed by atoms with E-state index in [9.17, 15) is 23.2 Å². The molecular weight excluding hydrogens is 495 g/mol. The summed E-state index contributed by atoms with van der Waals surface area (Å²) in [6.07, 6.45) is -3.90. The molecule has 0 saturated heterocycles. The van der Waals surface area contributed by atoms with E-state index in [2.05, 4.69) is 6.07 Å². The number of Topliss-reactive ketones (excluding diaryl/α,β-unsaturated/α-hetero) is 1. The van der Waals surface area contributed by atoms with Crippen LogP contribution in [-0.2, 0) is 11.0 Å². The summed E-state index contributed by atoms with van der Waals surface area (Å²) < 4.78 is 40.8. The highest BCUT2D eigenvalue weighted by Crippen LogP contribution is 2.50. The largest absolute Gasteiger partial charge is 0.416 e. The van der Waals surface area contributed by atoms with Crippen molar-refractivity contribution >= 4 is 22.8 Å². The van der Waals surface area contributed by atoms with Crippen molar-refractivity contribution in [2.75, 3.05) is 4.90 Å². The third-order valence-electron chi connectivity index (χ3n) is 7.06. The number of hydrogen-bond acceptors (Lipinski definition) is 5. The number of hydrogen-bond donors (Lipinski definition) is 1. The topological polar surface area (TPSA) is 70.1 Å². The fourth-order valence-electron chi connectivity index (χ4n) is 5.45. The Bertz CT molecular complexity index is 1490. The molecule has 8 heteroatoms. The third kappa shape index (κ3) is 4.34. The molecule has 0 bridgehead atoms. The number of aryl methyl sites for hydroxylation is 2. The van der Waals surface area contributed by atoms with Crippen LogP contribution < -0.4 is 10.6 Å². The van der Waals surface area contributed by atoms with Gasteiger partial charge in [0.1, 0.15) is 5.82 Å². The van der Waals surface area contributed by atoms with Gasteiger partial charge in [0.2, 0.25) is 0 Å². The standard InChI is InChI=1S/C29H24F3N3OS/c1-16-11-22(17(2)37-16)26-23(15-33)28(34)35(21-10-6-9-20(14-21)29(30,31)32)24-12-19(13-25(36)27(24)26)18-7-4-3-5-8-18/h3-11,14,19,26H,12-13,34H2,1-2H3/t19-,26-/m1/s1. The van der Waals surface area contributed by atoms with Gasteiger partial charge in [0, 0.05) is 33.1 Å². The van der Waals surface area contributed by atoms with E-state index < -0.39 is 17.7 Å². The first-order valence-electron chi connectivity index (χ1n) is 11.9. The number of halogens is 3. The number of benzene rings is 2. The lowest BCUT2D eigenvalue weighted by molar-refractivity contribution is -0.137. The smallest absolute Gasteiger partial charge is 0.384 e. The summed E-state index contributed by atoms with van der Waals surface area (Å²) in [5, 5.41) is 10.2. The van der Waals surface area contributed by atoms with E-state index in [1.165, 1.54) is 17.0 Å². The van der Waals surface area contributed by atoms with E-state index in [-0.39, 0.29) is 35.2 Å². The molecule has 1 aromatic heterocycles. The van der Waals surface area contributed by atoms with E-state index in [1.54, 1.807) is 11.3 Å². The SMILES string of the molecule is Cc1cc([C@@H]2C(C#N)=C(N)N(c3cccc(C(F)(F)F)c3)C3=C2C(=O)C[C@H](c2ccccc2)C3)c(C)s1. The van der Waals surface area contributed by atoms with Crippen LogP contribution >= 0.6 is 11.3 Å². The molecule has 1 aliphatic carbocycles. The Morgan fingerprint density at radius 1 is 1.05 bits per heavy atom. The summed E-state index contributed by atoms with van der Waals surface area (Å²) >= 11 is 1.57. The molecule has 0 spiro atoms. The second-order valence-corrected chi connectivity index (χ2v) is 10.9. The van der Waals surface area contributed by atoms with Crippen molar-refractivity contribution in [3.63, 3.8) is 0 Å². The second-order valence-electron chi connectivity index (χ2n) is 9.40. The van der Waals surface area contributed by atoms with Gasteiger partial charge in [0.15, 0.2) is 5.78 Å². The maximum absolute atomic E-state index is 13.9. The minimum Gasteiger partial charge on any atom is -0.384 e. The fourth-order valence-corrected chi connectivity index (χ4v) is 6.42. The molecule has 5 rings (SSSR count). The molecule has 0 saturated carbocycles. The van der Waals surface area contributed by atoms with Crippen LogP contribution in [0.5, 0.6) is 0 Å². The Morgan fingerprint density at radius 3 is 2.41 bits per heavy atom. The zero-order valence-corrected chi connectivity index (χ0v) is 21.1. The monoisotopic (exact) mass is 519 g/mol. The molecule has 2 aromatic carbocycles. The van der Waals surface area contributed by atoms with Gasteiger partial charge in [0.25, 0.3) is 0 Å². The Kier molecular flexibility index (Phi) is 6.20. The normalized spacial score (nSPS) is 20.2. The Labute approximate surface area is 217 Å². The predicted octanol–water partition coefficient (Wildman–Crippen LogP) is 7.08. The summed E-state index contributed by atoms with van der Waals surface area (Å²) in [4.78, 5) is 17.3. The average molecular weight is 520 g/mol. The highest BCUT2D eigenvalue weighted by Gasteiger charge is 2.44. The number of rotatable bonds is 3. The summed E-state index contributed by atoms with van der Waals surface area (Å²) in [6.45, 7) is 3.90. The second kappa shape index (κ2) is 9.24. The molecule has 0 unspecified atom stereocenters. The van der Waals surface area contributed by atoms with Crippen LogP contribution in [0.25, 0.3) is 0 Å². The number of nitriles is 1. The molecule has 1 aliphatic heterocycles. The minimum atomic E-state index is -4.55. The van der Waals surface area contributed by atoms with Crippen LogP contribution in [0.3, 0.4) is 0 Å². The molecule has 0 fully saturated rings. The number of nitrogens with two attached hydrogens (primary N) is 1. The van der Waals surface area contributed by atoms with Gasteiger partial charge in [-0.3, -0.25) is 9.69 Å². The van der Waals surface area contributed by atoms with Crippen LogP contribution in [0.2, 0.25) is 0 Å². The molecule has 4 nitrogen and oxygen atoms in total. The van der Waals surface area contributed by atoms with Gasteiger partial charge in [-0.05, 0) is 61.6 Å². The van der Waals surface area contributed by atoms with Gasteiger partial charge < -0.3 is 5.73 Å². The number of alkyl halides is 3. The highest BCUT2D eigenvalue weighted by molar-refractivity contribution is 7.12.